The van der Waals surface area contributed by atoms with Gasteiger partial charge in [0, 0.05) is 19.6 Å². The Morgan fingerprint density at radius 2 is 1.03 bits per heavy atom. The molecule has 0 saturated carbocycles. The standard InChI is InChI=1S/C32H58N2/c1-2-5-10-14-18-23-34-26-29-19-15-11-7-4-6-9-13-17-22-33-24-21-32(31(25-29)28-34)30(27-33)20-16-12-8-3-1/h2,5,29-32H,1,3-4,6-28H2/b5-2-/t29-,30+,31+,32-/m0/s1. The van der Waals surface area contributed by atoms with Crippen molar-refractivity contribution in [3.8, 4) is 0 Å². The van der Waals surface area contributed by atoms with E-state index in [1.54, 1.807) is 6.42 Å². The van der Waals surface area contributed by atoms with Crippen molar-refractivity contribution in [1.82, 2.24) is 9.80 Å². The van der Waals surface area contributed by atoms with Gasteiger partial charge in [0.05, 0.1) is 0 Å². The van der Waals surface area contributed by atoms with Crippen LogP contribution in [0.5, 0.6) is 0 Å². The molecule has 0 aromatic rings. The molecule has 5 aliphatic rings. The van der Waals surface area contributed by atoms with Crippen molar-refractivity contribution in [1.29, 1.82) is 0 Å². The molecule has 0 aliphatic carbocycles. The number of hydrogen-bond acceptors (Lipinski definition) is 2. The number of nitrogens with zero attached hydrogens (tertiary/aromatic N) is 2. The second-order valence-corrected chi connectivity index (χ2v) is 12.7. The minimum atomic E-state index is 0.977. The van der Waals surface area contributed by atoms with Crippen molar-refractivity contribution >= 4 is 0 Å². The highest BCUT2D eigenvalue weighted by Gasteiger charge is 2.38. The molecule has 0 aromatic carbocycles. The molecule has 4 saturated heterocycles. The van der Waals surface area contributed by atoms with Crippen LogP contribution in [0.2, 0.25) is 0 Å². The van der Waals surface area contributed by atoms with Gasteiger partial charge in [-0.05, 0) is 108 Å². The first-order chi connectivity index (χ1) is 16.9. The molecule has 5 aliphatic heterocycles. The molecule has 2 nitrogen and oxygen atoms in total. The van der Waals surface area contributed by atoms with Crippen LogP contribution >= 0.6 is 0 Å². The molecule has 4 fully saturated rings. The number of allylic oxidation sites excluding steroid dienone is 2. The fourth-order valence-electron chi connectivity index (χ4n) is 7.99. The van der Waals surface area contributed by atoms with Crippen molar-refractivity contribution in [2.75, 3.05) is 39.3 Å². The largest absolute Gasteiger partial charge is 0.303 e. The molecular formula is C32H58N2. The zero-order valence-corrected chi connectivity index (χ0v) is 22.7. The van der Waals surface area contributed by atoms with Crippen molar-refractivity contribution in [2.45, 2.75) is 128 Å². The maximum absolute atomic E-state index is 2.94. The molecular weight excluding hydrogens is 412 g/mol. The Labute approximate surface area is 213 Å². The van der Waals surface area contributed by atoms with Crippen LogP contribution in [0.1, 0.15) is 128 Å². The van der Waals surface area contributed by atoms with Gasteiger partial charge in [-0.1, -0.05) is 76.4 Å². The van der Waals surface area contributed by atoms with Crippen molar-refractivity contribution in [2.24, 2.45) is 23.7 Å². The van der Waals surface area contributed by atoms with E-state index < -0.39 is 0 Å². The summed E-state index contributed by atoms with van der Waals surface area (Å²) in [6.07, 6.45) is 34.1. The second-order valence-electron chi connectivity index (χ2n) is 12.7. The monoisotopic (exact) mass is 470 g/mol. The molecule has 0 amide bonds. The lowest BCUT2D eigenvalue weighted by Crippen LogP contribution is -2.49. The molecule has 2 unspecified atom stereocenters. The molecule has 0 spiro atoms. The fourth-order valence-corrected chi connectivity index (χ4v) is 7.99. The van der Waals surface area contributed by atoms with Crippen molar-refractivity contribution < 1.29 is 0 Å². The van der Waals surface area contributed by atoms with Crippen LogP contribution in [-0.2, 0) is 0 Å². The summed E-state index contributed by atoms with van der Waals surface area (Å²) in [5, 5.41) is 0. The third-order valence-corrected chi connectivity index (χ3v) is 9.92. The summed E-state index contributed by atoms with van der Waals surface area (Å²) in [4.78, 5) is 5.84. The Morgan fingerprint density at radius 1 is 0.441 bits per heavy atom. The summed E-state index contributed by atoms with van der Waals surface area (Å²) >= 11 is 0. The zero-order chi connectivity index (χ0) is 23.3. The highest BCUT2D eigenvalue weighted by Crippen LogP contribution is 2.40. The van der Waals surface area contributed by atoms with Gasteiger partial charge in [-0.15, -0.1) is 0 Å². The van der Waals surface area contributed by atoms with E-state index in [2.05, 4.69) is 22.0 Å². The molecule has 0 radical (unpaired) electrons. The van der Waals surface area contributed by atoms with Gasteiger partial charge >= 0.3 is 0 Å². The molecule has 5 heterocycles. The SMILES string of the molecule is C1=C\CCCCN2C[C@H]3CCCCCCCCCCN4CC[C@@H]([C@H](CCCCCC/1)C4)[C@H](C3)C2. The van der Waals surface area contributed by atoms with E-state index in [0.29, 0.717) is 0 Å². The fraction of sp³-hybridized carbons (Fsp3) is 0.938. The van der Waals surface area contributed by atoms with Crippen LogP contribution in [0.25, 0.3) is 0 Å². The van der Waals surface area contributed by atoms with Gasteiger partial charge in [-0.3, -0.25) is 0 Å². The Hall–Kier alpha value is -0.340. The molecule has 0 aromatic heterocycles. The molecule has 2 heteroatoms. The molecule has 6 bridgehead atoms. The molecule has 5 rings (SSSR count). The maximum atomic E-state index is 2.94. The lowest BCUT2D eigenvalue weighted by atomic mass is 9.69. The first-order valence-corrected chi connectivity index (χ1v) is 16.0. The quantitative estimate of drug-likeness (QED) is 0.328. The van der Waals surface area contributed by atoms with Crippen molar-refractivity contribution in [3.05, 3.63) is 12.2 Å². The molecule has 196 valence electrons. The van der Waals surface area contributed by atoms with Crippen LogP contribution < -0.4 is 0 Å². The number of hydrogen-bond donors (Lipinski definition) is 0. The van der Waals surface area contributed by atoms with Gasteiger partial charge in [-0.25, -0.2) is 0 Å². The van der Waals surface area contributed by atoms with E-state index >= 15 is 0 Å². The number of fused-ring (bicyclic) bond motifs is 11. The second kappa shape index (κ2) is 15.7. The molecule has 0 N–H and O–H groups in total. The average Bonchev–Trinajstić information content (AvgIpc) is 2.85. The lowest BCUT2D eigenvalue weighted by molar-refractivity contribution is 0.0185. The Balaban J connectivity index is 1.45. The van der Waals surface area contributed by atoms with Crippen LogP contribution in [0.4, 0.5) is 0 Å². The van der Waals surface area contributed by atoms with Crippen molar-refractivity contribution in [3.63, 3.8) is 0 Å². The highest BCUT2D eigenvalue weighted by molar-refractivity contribution is 4.90. The van der Waals surface area contributed by atoms with E-state index in [-0.39, 0.29) is 0 Å². The van der Waals surface area contributed by atoms with Crippen LogP contribution in [0, 0.1) is 23.7 Å². The van der Waals surface area contributed by atoms with Gasteiger partial charge in [0.1, 0.15) is 0 Å². The summed E-state index contributed by atoms with van der Waals surface area (Å²) in [7, 11) is 0. The van der Waals surface area contributed by atoms with E-state index in [4.69, 9.17) is 0 Å². The van der Waals surface area contributed by atoms with Gasteiger partial charge in [0.15, 0.2) is 0 Å². The van der Waals surface area contributed by atoms with E-state index in [0.717, 1.165) is 23.7 Å². The van der Waals surface area contributed by atoms with Gasteiger partial charge in [0.25, 0.3) is 0 Å². The average molecular weight is 471 g/mol. The topological polar surface area (TPSA) is 6.48 Å². The zero-order valence-electron chi connectivity index (χ0n) is 22.7. The van der Waals surface area contributed by atoms with E-state index in [9.17, 15) is 0 Å². The summed E-state index contributed by atoms with van der Waals surface area (Å²) < 4.78 is 0. The van der Waals surface area contributed by atoms with Crippen LogP contribution in [-0.4, -0.2) is 49.1 Å². The Morgan fingerprint density at radius 3 is 1.85 bits per heavy atom. The van der Waals surface area contributed by atoms with Gasteiger partial charge < -0.3 is 9.80 Å². The summed E-state index contributed by atoms with van der Waals surface area (Å²) in [5.41, 5.74) is 0. The third-order valence-electron chi connectivity index (χ3n) is 9.92. The first-order valence-electron chi connectivity index (χ1n) is 16.0. The lowest BCUT2D eigenvalue weighted by Gasteiger charge is -2.47. The normalized spacial score (nSPS) is 39.3. The summed E-state index contributed by atoms with van der Waals surface area (Å²) in [5.74, 6) is 3.95. The molecule has 6 atom stereocenters. The highest BCUT2D eigenvalue weighted by atomic mass is 15.1. The number of piperidine rings is 2. The summed E-state index contributed by atoms with van der Waals surface area (Å²) in [6.45, 7) is 8.41. The third kappa shape index (κ3) is 9.27. The minimum absolute atomic E-state index is 0.977. The molecule has 34 heavy (non-hydrogen) atoms. The van der Waals surface area contributed by atoms with Gasteiger partial charge in [0.2, 0.25) is 0 Å². The summed E-state index contributed by atoms with van der Waals surface area (Å²) in [6, 6.07) is 0. The Bertz CT molecular complexity index is 557. The van der Waals surface area contributed by atoms with Crippen LogP contribution in [0.15, 0.2) is 12.2 Å². The predicted octanol–water partition coefficient (Wildman–Crippen LogP) is 8.47. The maximum Gasteiger partial charge on any atom is 0.00127 e. The number of rotatable bonds is 0. The first kappa shape index (κ1) is 26.7. The Kier molecular flexibility index (Phi) is 12.3. The van der Waals surface area contributed by atoms with E-state index in [1.807, 2.05) is 0 Å². The van der Waals surface area contributed by atoms with Crippen LogP contribution in [0.3, 0.4) is 0 Å². The van der Waals surface area contributed by atoms with Gasteiger partial charge in [-0.2, -0.15) is 0 Å². The van der Waals surface area contributed by atoms with E-state index in [1.165, 1.54) is 161 Å². The predicted molar refractivity (Wildman–Crippen MR) is 148 cm³/mol. The minimum Gasteiger partial charge on any atom is -0.303 e. The smallest absolute Gasteiger partial charge is 0.00127 e.